The molecule has 1 saturated heterocycles. The van der Waals surface area contributed by atoms with E-state index in [1.165, 1.54) is 0 Å². The summed E-state index contributed by atoms with van der Waals surface area (Å²) in [5, 5.41) is 3.35. The van der Waals surface area contributed by atoms with E-state index in [-0.39, 0.29) is 0 Å². The average molecular weight is 230 g/mol. The van der Waals surface area contributed by atoms with Gasteiger partial charge in [-0.05, 0) is 18.8 Å². The maximum Gasteiger partial charge on any atom is 0.404 e. The van der Waals surface area contributed by atoms with Crippen LogP contribution in [0.2, 0.25) is 0 Å². The maximum absolute atomic E-state index is 10.3. The van der Waals surface area contributed by atoms with Crippen molar-refractivity contribution >= 4 is 6.09 Å². The lowest BCUT2D eigenvalue weighted by atomic mass is 9.95. The number of rotatable bonds is 5. The van der Waals surface area contributed by atoms with Crippen LogP contribution >= 0.6 is 0 Å². The number of amides is 1. The highest BCUT2D eigenvalue weighted by Gasteiger charge is 2.24. The van der Waals surface area contributed by atoms with Crippen LogP contribution in [-0.4, -0.2) is 38.0 Å². The van der Waals surface area contributed by atoms with Crippen molar-refractivity contribution in [3.05, 3.63) is 0 Å². The van der Waals surface area contributed by atoms with Crippen molar-refractivity contribution in [1.82, 2.24) is 5.32 Å². The van der Waals surface area contributed by atoms with Crippen LogP contribution in [0.5, 0.6) is 0 Å². The third kappa shape index (κ3) is 4.81. The molecule has 16 heavy (non-hydrogen) atoms. The Kier molecular flexibility index (Phi) is 5.55. The van der Waals surface area contributed by atoms with Crippen molar-refractivity contribution in [2.24, 2.45) is 11.7 Å². The summed E-state index contributed by atoms with van der Waals surface area (Å²) < 4.78 is 10.3. The Hall–Kier alpha value is -0.810. The molecular weight excluding hydrogens is 208 g/mol. The second kappa shape index (κ2) is 6.70. The van der Waals surface area contributed by atoms with Crippen LogP contribution in [0.4, 0.5) is 4.79 Å². The van der Waals surface area contributed by atoms with Gasteiger partial charge in [0.1, 0.15) is 6.61 Å². The van der Waals surface area contributed by atoms with Crippen LogP contribution in [0.15, 0.2) is 0 Å². The van der Waals surface area contributed by atoms with Gasteiger partial charge in [0.2, 0.25) is 0 Å². The highest BCUT2D eigenvalue weighted by Crippen LogP contribution is 2.19. The molecular formula is C11H22N2O3. The fraction of sp³-hybridized carbons (Fsp3) is 0.909. The van der Waals surface area contributed by atoms with E-state index in [0.717, 1.165) is 19.4 Å². The highest BCUT2D eigenvalue weighted by atomic mass is 16.5. The molecule has 0 spiro atoms. The molecule has 0 radical (unpaired) electrons. The molecule has 1 amide bonds. The zero-order chi connectivity index (χ0) is 12.0. The van der Waals surface area contributed by atoms with Gasteiger partial charge in [-0.2, -0.15) is 0 Å². The molecule has 0 aromatic carbocycles. The quantitative estimate of drug-likeness (QED) is 0.687. The molecule has 1 aliphatic rings. The standard InChI is InChI=1S/C11H22N2O3/c1-8(2)10-7-9(3-5-15-10)13-4-6-16-11(12)14/h8-10,13H,3-7H2,1-2H3,(H2,12,14). The van der Waals surface area contributed by atoms with E-state index < -0.39 is 6.09 Å². The zero-order valence-corrected chi connectivity index (χ0v) is 10.1. The molecule has 0 bridgehead atoms. The molecule has 2 atom stereocenters. The molecule has 3 N–H and O–H groups in total. The van der Waals surface area contributed by atoms with Gasteiger partial charge >= 0.3 is 6.09 Å². The summed E-state index contributed by atoms with van der Waals surface area (Å²) in [7, 11) is 0. The molecule has 2 unspecified atom stereocenters. The molecule has 0 aromatic rings. The van der Waals surface area contributed by atoms with Crippen LogP contribution in [0.25, 0.3) is 0 Å². The van der Waals surface area contributed by atoms with Crippen LogP contribution in [0.1, 0.15) is 26.7 Å². The number of nitrogens with one attached hydrogen (secondary N) is 1. The third-order valence-corrected chi connectivity index (χ3v) is 2.84. The van der Waals surface area contributed by atoms with Gasteiger partial charge in [0.05, 0.1) is 6.10 Å². The van der Waals surface area contributed by atoms with E-state index >= 15 is 0 Å². The normalized spacial score (nSPS) is 25.7. The summed E-state index contributed by atoms with van der Waals surface area (Å²) in [6.45, 7) is 6.13. The van der Waals surface area contributed by atoms with Gasteiger partial charge in [0.25, 0.3) is 0 Å². The van der Waals surface area contributed by atoms with Crippen LogP contribution in [0, 0.1) is 5.92 Å². The smallest absolute Gasteiger partial charge is 0.404 e. The summed E-state index contributed by atoms with van der Waals surface area (Å²) in [5.74, 6) is 0.548. The summed E-state index contributed by atoms with van der Waals surface area (Å²) >= 11 is 0. The molecule has 5 heteroatoms. The summed E-state index contributed by atoms with van der Waals surface area (Å²) in [5.41, 5.74) is 4.86. The van der Waals surface area contributed by atoms with Crippen molar-refractivity contribution in [3.63, 3.8) is 0 Å². The lowest BCUT2D eigenvalue weighted by Crippen LogP contribution is -2.42. The lowest BCUT2D eigenvalue weighted by molar-refractivity contribution is -0.0247. The highest BCUT2D eigenvalue weighted by molar-refractivity contribution is 5.64. The SMILES string of the molecule is CC(C)C1CC(NCCOC(N)=O)CCO1. The third-order valence-electron chi connectivity index (χ3n) is 2.84. The first-order valence-electron chi connectivity index (χ1n) is 5.86. The van der Waals surface area contributed by atoms with E-state index in [9.17, 15) is 4.79 Å². The second-order valence-electron chi connectivity index (χ2n) is 4.50. The van der Waals surface area contributed by atoms with Crippen molar-refractivity contribution in [2.45, 2.75) is 38.8 Å². The molecule has 94 valence electrons. The monoisotopic (exact) mass is 230 g/mol. The van der Waals surface area contributed by atoms with Crippen molar-refractivity contribution in [3.8, 4) is 0 Å². The van der Waals surface area contributed by atoms with E-state index in [2.05, 4.69) is 23.9 Å². The first-order chi connectivity index (χ1) is 7.59. The molecule has 1 rings (SSSR count). The second-order valence-corrected chi connectivity index (χ2v) is 4.50. The number of primary amides is 1. The molecule has 0 aliphatic carbocycles. The van der Waals surface area contributed by atoms with Crippen LogP contribution in [-0.2, 0) is 9.47 Å². The lowest BCUT2D eigenvalue weighted by Gasteiger charge is -2.32. The molecule has 1 fully saturated rings. The predicted octanol–water partition coefficient (Wildman–Crippen LogP) is 0.875. The maximum atomic E-state index is 10.3. The zero-order valence-electron chi connectivity index (χ0n) is 10.1. The number of ether oxygens (including phenoxy) is 2. The largest absolute Gasteiger partial charge is 0.448 e. The minimum atomic E-state index is -0.714. The minimum absolute atomic E-state index is 0.332. The average Bonchev–Trinajstić information content (AvgIpc) is 2.24. The van der Waals surface area contributed by atoms with Gasteiger partial charge in [0, 0.05) is 19.2 Å². The number of carbonyl (C=O) groups is 1. The fourth-order valence-electron chi connectivity index (χ4n) is 1.89. The van der Waals surface area contributed by atoms with Crippen molar-refractivity contribution in [1.29, 1.82) is 0 Å². The van der Waals surface area contributed by atoms with E-state index in [4.69, 9.17) is 10.5 Å². The number of hydrogen-bond donors (Lipinski definition) is 2. The Labute approximate surface area is 96.7 Å². The van der Waals surface area contributed by atoms with Gasteiger partial charge < -0.3 is 20.5 Å². The fourth-order valence-corrected chi connectivity index (χ4v) is 1.89. The molecule has 1 aliphatic heterocycles. The molecule has 0 saturated carbocycles. The van der Waals surface area contributed by atoms with E-state index in [1.807, 2.05) is 0 Å². The van der Waals surface area contributed by atoms with Crippen LogP contribution in [0.3, 0.4) is 0 Å². The van der Waals surface area contributed by atoms with Crippen LogP contribution < -0.4 is 11.1 Å². The summed E-state index contributed by atoms with van der Waals surface area (Å²) in [6.07, 6.45) is 1.66. The Morgan fingerprint density at radius 3 is 3.00 bits per heavy atom. The first kappa shape index (κ1) is 13.3. The Balaban J connectivity index is 2.14. The van der Waals surface area contributed by atoms with Crippen molar-refractivity contribution in [2.75, 3.05) is 19.8 Å². The summed E-state index contributed by atoms with van der Waals surface area (Å²) in [4.78, 5) is 10.3. The van der Waals surface area contributed by atoms with Gasteiger partial charge in [-0.25, -0.2) is 4.79 Å². The molecule has 0 aromatic heterocycles. The van der Waals surface area contributed by atoms with E-state index in [0.29, 0.717) is 31.2 Å². The van der Waals surface area contributed by atoms with Gasteiger partial charge in [0.15, 0.2) is 0 Å². The Morgan fingerprint density at radius 2 is 2.38 bits per heavy atom. The first-order valence-corrected chi connectivity index (χ1v) is 5.86. The summed E-state index contributed by atoms with van der Waals surface area (Å²) in [6, 6.07) is 0.456. The minimum Gasteiger partial charge on any atom is -0.448 e. The number of carbonyl (C=O) groups excluding carboxylic acids is 1. The van der Waals surface area contributed by atoms with Crippen molar-refractivity contribution < 1.29 is 14.3 Å². The Morgan fingerprint density at radius 1 is 1.62 bits per heavy atom. The number of nitrogens with two attached hydrogens (primary N) is 1. The van der Waals surface area contributed by atoms with Gasteiger partial charge in [-0.15, -0.1) is 0 Å². The predicted molar refractivity (Wildman–Crippen MR) is 61.1 cm³/mol. The Bertz CT molecular complexity index is 221. The van der Waals surface area contributed by atoms with E-state index in [1.54, 1.807) is 0 Å². The number of hydrogen-bond acceptors (Lipinski definition) is 4. The van der Waals surface area contributed by atoms with Gasteiger partial charge in [-0.3, -0.25) is 0 Å². The topological polar surface area (TPSA) is 73.6 Å². The molecule has 5 nitrogen and oxygen atoms in total. The van der Waals surface area contributed by atoms with Gasteiger partial charge in [-0.1, -0.05) is 13.8 Å². The molecule has 1 heterocycles.